The van der Waals surface area contributed by atoms with E-state index in [-0.39, 0.29) is 11.6 Å². The van der Waals surface area contributed by atoms with Gasteiger partial charge in [0.1, 0.15) is 11.6 Å². The molecule has 8 heteroatoms. The van der Waals surface area contributed by atoms with Crippen LogP contribution in [0.15, 0.2) is 12.1 Å². The average Bonchev–Trinajstić information content (AvgIpc) is 2.42. The molecule has 2 N–H and O–H groups in total. The molecule has 0 radical (unpaired) electrons. The Balaban J connectivity index is 2.75. The number of hydrogen-bond donors (Lipinski definition) is 1. The first-order chi connectivity index (χ1) is 9.86. The van der Waals surface area contributed by atoms with Crippen LogP contribution in [0.3, 0.4) is 0 Å². The molecule has 1 aromatic heterocycles. The van der Waals surface area contributed by atoms with Gasteiger partial charge in [0, 0.05) is 17.3 Å². The fraction of sp³-hybridized carbons (Fsp3) is 0.231. The van der Waals surface area contributed by atoms with Crippen molar-refractivity contribution >= 4 is 11.5 Å². The number of rotatable bonds is 3. The van der Waals surface area contributed by atoms with Crippen molar-refractivity contribution in [3.63, 3.8) is 0 Å². The summed E-state index contributed by atoms with van der Waals surface area (Å²) >= 11 is 0. The minimum atomic E-state index is -1.31. The summed E-state index contributed by atoms with van der Waals surface area (Å²) in [6, 6.07) is 1.56. The van der Waals surface area contributed by atoms with Gasteiger partial charge in [0.25, 0.3) is 0 Å². The number of nitrogens with two attached hydrogens (primary N) is 1. The molecule has 0 saturated carbocycles. The van der Waals surface area contributed by atoms with Crippen molar-refractivity contribution < 1.29 is 13.7 Å². The van der Waals surface area contributed by atoms with Gasteiger partial charge < -0.3 is 5.73 Å². The van der Waals surface area contributed by atoms with Crippen LogP contribution in [0, 0.1) is 28.7 Å². The third-order valence-electron chi connectivity index (χ3n) is 3.11. The highest BCUT2D eigenvalue weighted by atomic mass is 19.1. The third kappa shape index (κ3) is 2.51. The Hall–Kier alpha value is -2.64. The zero-order valence-electron chi connectivity index (χ0n) is 11.4. The molecular formula is C13H12F2N4O2. The zero-order valence-corrected chi connectivity index (χ0v) is 11.4. The van der Waals surface area contributed by atoms with E-state index in [0.717, 1.165) is 12.1 Å². The molecule has 110 valence electrons. The Labute approximate surface area is 118 Å². The van der Waals surface area contributed by atoms with Gasteiger partial charge in [-0.15, -0.1) is 0 Å². The number of hydrogen-bond acceptors (Lipinski definition) is 5. The standard InChI is InChI=1S/C13H12F2N4O2/c1-3-8-6(2)12(16)18-13(17-8)10-7(14)4-5-9(11(10)15)19(20)21/h4-5H,3H2,1-2H3,(H2,16,17,18). The summed E-state index contributed by atoms with van der Waals surface area (Å²) in [5.74, 6) is -2.51. The molecule has 0 atom stereocenters. The maximum absolute atomic E-state index is 14.1. The predicted octanol–water partition coefficient (Wildman–Crippen LogP) is 2.78. The zero-order chi connectivity index (χ0) is 15.7. The number of nitrogen functional groups attached to an aromatic ring is 1. The second-order valence-corrected chi connectivity index (χ2v) is 4.37. The van der Waals surface area contributed by atoms with Crippen LogP contribution in [0.1, 0.15) is 18.2 Å². The number of anilines is 1. The third-order valence-corrected chi connectivity index (χ3v) is 3.11. The Kier molecular flexibility index (Phi) is 3.79. The summed E-state index contributed by atoms with van der Waals surface area (Å²) < 4.78 is 28.0. The van der Waals surface area contributed by atoms with Crippen LogP contribution in [0.5, 0.6) is 0 Å². The first kappa shape index (κ1) is 14.8. The van der Waals surface area contributed by atoms with Crippen LogP contribution in [0.25, 0.3) is 11.4 Å². The van der Waals surface area contributed by atoms with Gasteiger partial charge >= 0.3 is 5.69 Å². The Morgan fingerprint density at radius 2 is 2.00 bits per heavy atom. The van der Waals surface area contributed by atoms with Crippen LogP contribution in [0.4, 0.5) is 20.3 Å². The molecule has 21 heavy (non-hydrogen) atoms. The van der Waals surface area contributed by atoms with E-state index in [9.17, 15) is 18.9 Å². The number of aromatic nitrogens is 2. The molecule has 0 spiro atoms. The van der Waals surface area contributed by atoms with E-state index in [1.54, 1.807) is 13.8 Å². The number of nitro benzene ring substituents is 1. The molecule has 2 aromatic rings. The lowest BCUT2D eigenvalue weighted by molar-refractivity contribution is -0.387. The first-order valence-corrected chi connectivity index (χ1v) is 6.12. The smallest absolute Gasteiger partial charge is 0.305 e. The largest absolute Gasteiger partial charge is 0.383 e. The van der Waals surface area contributed by atoms with Crippen molar-refractivity contribution in [3.05, 3.63) is 45.1 Å². The van der Waals surface area contributed by atoms with Crippen molar-refractivity contribution in [1.29, 1.82) is 0 Å². The van der Waals surface area contributed by atoms with Crippen LogP contribution >= 0.6 is 0 Å². The minimum Gasteiger partial charge on any atom is -0.383 e. The predicted molar refractivity (Wildman–Crippen MR) is 72.6 cm³/mol. The molecule has 0 bridgehead atoms. The van der Waals surface area contributed by atoms with Crippen LogP contribution in [0.2, 0.25) is 0 Å². The molecule has 1 heterocycles. The summed E-state index contributed by atoms with van der Waals surface area (Å²) in [7, 11) is 0. The molecular weight excluding hydrogens is 282 g/mol. The maximum Gasteiger partial charge on any atom is 0.305 e. The van der Waals surface area contributed by atoms with E-state index in [1.165, 1.54) is 0 Å². The van der Waals surface area contributed by atoms with Crippen LogP contribution in [-0.2, 0) is 6.42 Å². The highest BCUT2D eigenvalue weighted by Crippen LogP contribution is 2.31. The molecule has 0 unspecified atom stereocenters. The lowest BCUT2D eigenvalue weighted by Crippen LogP contribution is -2.07. The van der Waals surface area contributed by atoms with Gasteiger partial charge in [0.05, 0.1) is 10.5 Å². The number of benzene rings is 1. The monoisotopic (exact) mass is 294 g/mol. The molecule has 2 rings (SSSR count). The van der Waals surface area contributed by atoms with E-state index in [2.05, 4.69) is 9.97 Å². The second-order valence-electron chi connectivity index (χ2n) is 4.37. The summed E-state index contributed by atoms with van der Waals surface area (Å²) in [6.07, 6.45) is 0.490. The fourth-order valence-electron chi connectivity index (χ4n) is 1.93. The van der Waals surface area contributed by atoms with Crippen molar-refractivity contribution in [2.24, 2.45) is 0 Å². The van der Waals surface area contributed by atoms with Gasteiger partial charge in [0.2, 0.25) is 5.82 Å². The van der Waals surface area contributed by atoms with Gasteiger partial charge in [-0.3, -0.25) is 10.1 Å². The maximum atomic E-state index is 14.1. The highest BCUT2D eigenvalue weighted by molar-refractivity contribution is 5.63. The Bertz CT molecular complexity index is 735. The molecule has 0 amide bonds. The van der Waals surface area contributed by atoms with Gasteiger partial charge in [-0.2, -0.15) is 4.39 Å². The fourth-order valence-corrected chi connectivity index (χ4v) is 1.93. The van der Waals surface area contributed by atoms with E-state index < -0.39 is 27.8 Å². The molecule has 0 aliphatic carbocycles. The Morgan fingerprint density at radius 1 is 1.33 bits per heavy atom. The summed E-state index contributed by atoms with van der Waals surface area (Å²) in [5, 5.41) is 10.7. The highest BCUT2D eigenvalue weighted by Gasteiger charge is 2.25. The van der Waals surface area contributed by atoms with Crippen LogP contribution in [-0.4, -0.2) is 14.9 Å². The molecule has 0 saturated heterocycles. The molecule has 0 aliphatic heterocycles. The van der Waals surface area contributed by atoms with E-state index in [0.29, 0.717) is 17.7 Å². The molecule has 0 aliphatic rings. The van der Waals surface area contributed by atoms with Crippen molar-refractivity contribution in [3.8, 4) is 11.4 Å². The Morgan fingerprint density at radius 3 is 2.57 bits per heavy atom. The molecule has 0 fully saturated rings. The minimum absolute atomic E-state index is 0.0853. The molecule has 6 nitrogen and oxygen atoms in total. The number of aryl methyl sites for hydroxylation is 1. The lowest BCUT2D eigenvalue weighted by atomic mass is 10.1. The summed E-state index contributed by atoms with van der Waals surface area (Å²) in [5.41, 5.74) is 5.36. The van der Waals surface area contributed by atoms with E-state index in [4.69, 9.17) is 5.73 Å². The van der Waals surface area contributed by atoms with Gasteiger partial charge in [-0.25, -0.2) is 14.4 Å². The quantitative estimate of drug-likeness (QED) is 0.693. The van der Waals surface area contributed by atoms with E-state index >= 15 is 0 Å². The normalized spacial score (nSPS) is 10.7. The SMILES string of the molecule is CCc1nc(-c2c(F)ccc([N+](=O)[O-])c2F)nc(N)c1C. The summed E-state index contributed by atoms with van der Waals surface area (Å²) in [6.45, 7) is 3.50. The average molecular weight is 294 g/mol. The van der Waals surface area contributed by atoms with Crippen molar-refractivity contribution in [2.75, 3.05) is 5.73 Å². The summed E-state index contributed by atoms with van der Waals surface area (Å²) in [4.78, 5) is 17.7. The van der Waals surface area contributed by atoms with Crippen molar-refractivity contribution in [1.82, 2.24) is 9.97 Å². The number of halogens is 2. The topological polar surface area (TPSA) is 94.9 Å². The second kappa shape index (κ2) is 5.39. The first-order valence-electron chi connectivity index (χ1n) is 6.12. The van der Waals surface area contributed by atoms with Gasteiger partial charge in [-0.1, -0.05) is 6.92 Å². The van der Waals surface area contributed by atoms with Crippen molar-refractivity contribution in [2.45, 2.75) is 20.3 Å². The lowest BCUT2D eigenvalue weighted by Gasteiger charge is -2.10. The van der Waals surface area contributed by atoms with Gasteiger partial charge in [-0.05, 0) is 19.4 Å². The van der Waals surface area contributed by atoms with Crippen LogP contribution < -0.4 is 5.73 Å². The van der Waals surface area contributed by atoms with Gasteiger partial charge in [0.15, 0.2) is 5.82 Å². The number of nitrogens with zero attached hydrogens (tertiary/aromatic N) is 3. The van der Waals surface area contributed by atoms with E-state index in [1.807, 2.05) is 0 Å². The number of nitro groups is 1. The molecule has 1 aromatic carbocycles.